The summed E-state index contributed by atoms with van der Waals surface area (Å²) in [6.45, 7) is 1.58. The quantitative estimate of drug-likeness (QED) is 0.740. The maximum Gasteiger partial charge on any atom is 0.251 e. The molecule has 0 spiro atoms. The molecule has 1 fully saturated rings. The lowest BCUT2D eigenvalue weighted by Crippen LogP contribution is -2.44. The Bertz CT molecular complexity index is 1040. The zero-order valence-electron chi connectivity index (χ0n) is 15.7. The minimum atomic E-state index is -3.73. The summed E-state index contributed by atoms with van der Waals surface area (Å²) in [7, 11) is -3.73. The van der Waals surface area contributed by atoms with Gasteiger partial charge in [0.1, 0.15) is 12.2 Å². The maximum absolute atomic E-state index is 13.2. The van der Waals surface area contributed by atoms with Crippen LogP contribution in [0.15, 0.2) is 35.5 Å². The van der Waals surface area contributed by atoms with E-state index in [0.29, 0.717) is 44.1 Å². The highest BCUT2D eigenvalue weighted by atomic mass is 32.2. The summed E-state index contributed by atoms with van der Waals surface area (Å²) in [6, 6.07) is 6.60. The number of hydrogen-bond donors (Lipinski definition) is 0. The molecule has 0 amide bonds. The van der Waals surface area contributed by atoms with Crippen LogP contribution >= 0.6 is 0 Å². The molecule has 0 N–H and O–H groups in total. The highest BCUT2D eigenvalue weighted by Crippen LogP contribution is 2.33. The lowest BCUT2D eigenvalue weighted by atomic mass is 10.1. The topological polar surface area (TPSA) is 115 Å². The Morgan fingerprint density at radius 2 is 1.93 bits per heavy atom. The van der Waals surface area contributed by atoms with Gasteiger partial charge in [-0.2, -0.15) is 9.57 Å². The van der Waals surface area contributed by atoms with Crippen molar-refractivity contribution in [3.8, 4) is 23.4 Å². The molecule has 2 aliphatic rings. The van der Waals surface area contributed by atoms with Gasteiger partial charge in [-0.05, 0) is 25.0 Å². The summed E-state index contributed by atoms with van der Waals surface area (Å²) in [6.07, 6.45) is 4.47. The Labute approximate surface area is 168 Å². The van der Waals surface area contributed by atoms with E-state index in [2.05, 4.69) is 9.97 Å². The number of nitrogens with zero attached hydrogens (tertiary/aromatic N) is 4. The van der Waals surface area contributed by atoms with E-state index in [9.17, 15) is 8.42 Å². The molecule has 152 valence electrons. The van der Waals surface area contributed by atoms with Crippen molar-refractivity contribution < 1.29 is 22.6 Å². The smallest absolute Gasteiger partial charge is 0.251 e. The van der Waals surface area contributed by atoms with Crippen LogP contribution in [0.3, 0.4) is 0 Å². The summed E-state index contributed by atoms with van der Waals surface area (Å²) in [4.78, 5) is 8.11. The zero-order chi connectivity index (χ0) is 20.3. The molecule has 1 atom stereocenters. The summed E-state index contributed by atoms with van der Waals surface area (Å²) in [5, 5.41) is 9.13. The number of ether oxygens (including phenoxy) is 3. The van der Waals surface area contributed by atoms with Crippen LogP contribution in [0.4, 0.5) is 0 Å². The molecule has 1 unspecified atom stereocenters. The van der Waals surface area contributed by atoms with Crippen molar-refractivity contribution in [3.05, 3.63) is 36.3 Å². The fourth-order valence-corrected chi connectivity index (χ4v) is 4.84. The molecule has 0 saturated carbocycles. The van der Waals surface area contributed by atoms with Gasteiger partial charge in [0.25, 0.3) is 5.88 Å². The molecule has 1 aromatic heterocycles. The Morgan fingerprint density at radius 1 is 1.14 bits per heavy atom. The molecule has 0 aliphatic carbocycles. The molecular weight excluding hydrogens is 396 g/mol. The van der Waals surface area contributed by atoms with E-state index >= 15 is 0 Å². The van der Waals surface area contributed by atoms with Gasteiger partial charge in [-0.3, -0.25) is 0 Å². The molecule has 9 nitrogen and oxygen atoms in total. The van der Waals surface area contributed by atoms with Gasteiger partial charge in [0.05, 0.1) is 24.7 Å². The summed E-state index contributed by atoms with van der Waals surface area (Å²) >= 11 is 0. The van der Waals surface area contributed by atoms with Crippen molar-refractivity contribution in [2.75, 3.05) is 26.3 Å². The molecule has 10 heteroatoms. The molecule has 1 saturated heterocycles. The Hall–Kier alpha value is -2.90. The number of aromatic nitrogens is 2. The number of benzene rings is 1. The summed E-state index contributed by atoms with van der Waals surface area (Å²) in [5.41, 5.74) is 0.0791. The van der Waals surface area contributed by atoms with Crippen LogP contribution in [0.2, 0.25) is 0 Å². The number of hydrogen-bond acceptors (Lipinski definition) is 8. The SMILES string of the molecule is N#Cc1nccnc1OC1CCCN(S(=O)(=O)c2ccc3c(c2)OCCCO3)C1. The van der Waals surface area contributed by atoms with Crippen LogP contribution in [0, 0.1) is 11.3 Å². The van der Waals surface area contributed by atoms with E-state index in [-0.39, 0.29) is 23.0 Å². The van der Waals surface area contributed by atoms with Crippen molar-refractivity contribution in [2.45, 2.75) is 30.3 Å². The van der Waals surface area contributed by atoms with Gasteiger partial charge in [0.15, 0.2) is 11.5 Å². The second-order valence-corrected chi connectivity index (χ2v) is 8.66. The lowest BCUT2D eigenvalue weighted by molar-refractivity contribution is 0.124. The van der Waals surface area contributed by atoms with Crippen molar-refractivity contribution in [2.24, 2.45) is 0 Å². The second-order valence-electron chi connectivity index (χ2n) is 6.73. The Morgan fingerprint density at radius 3 is 2.76 bits per heavy atom. The van der Waals surface area contributed by atoms with Crippen LogP contribution in [0.1, 0.15) is 25.0 Å². The number of sulfonamides is 1. The average molecular weight is 416 g/mol. The third-order valence-corrected chi connectivity index (χ3v) is 6.61. The fourth-order valence-electron chi connectivity index (χ4n) is 3.32. The number of piperidine rings is 1. The molecule has 29 heavy (non-hydrogen) atoms. The average Bonchev–Trinajstić information content (AvgIpc) is 2.99. The first-order chi connectivity index (χ1) is 14.1. The van der Waals surface area contributed by atoms with Gasteiger partial charge in [-0.25, -0.2) is 18.4 Å². The van der Waals surface area contributed by atoms with Crippen LogP contribution in [-0.2, 0) is 10.0 Å². The largest absolute Gasteiger partial charge is 0.490 e. The van der Waals surface area contributed by atoms with E-state index < -0.39 is 16.1 Å². The third-order valence-electron chi connectivity index (χ3n) is 4.75. The van der Waals surface area contributed by atoms with E-state index in [1.54, 1.807) is 6.07 Å². The lowest BCUT2D eigenvalue weighted by Gasteiger charge is -2.31. The molecule has 2 aromatic rings. The number of fused-ring (bicyclic) bond motifs is 1. The first-order valence-corrected chi connectivity index (χ1v) is 10.8. The standard InChI is InChI=1S/C19H20N4O5S/c20-12-16-19(22-7-6-21-16)28-14-3-1-8-23(13-14)29(24,25)15-4-5-17-18(11-15)27-10-2-9-26-17/h4-7,11,14H,1-3,8-10,13H2. The molecule has 1 aromatic carbocycles. The maximum atomic E-state index is 13.2. The van der Waals surface area contributed by atoms with Crippen LogP contribution in [0.25, 0.3) is 0 Å². The van der Waals surface area contributed by atoms with Gasteiger partial charge in [0, 0.05) is 31.4 Å². The first-order valence-electron chi connectivity index (χ1n) is 9.35. The first kappa shape index (κ1) is 19.4. The highest BCUT2D eigenvalue weighted by Gasteiger charge is 2.32. The molecule has 0 bridgehead atoms. The van der Waals surface area contributed by atoms with Gasteiger partial charge < -0.3 is 14.2 Å². The van der Waals surface area contributed by atoms with E-state index in [1.807, 2.05) is 6.07 Å². The van der Waals surface area contributed by atoms with Gasteiger partial charge in [-0.1, -0.05) is 0 Å². The van der Waals surface area contributed by atoms with Gasteiger partial charge in [0.2, 0.25) is 15.7 Å². The van der Waals surface area contributed by atoms with Crippen LogP contribution < -0.4 is 14.2 Å². The molecule has 0 radical (unpaired) electrons. The van der Waals surface area contributed by atoms with Crippen LogP contribution in [0.5, 0.6) is 17.4 Å². The summed E-state index contributed by atoms with van der Waals surface area (Å²) in [5.74, 6) is 1.11. The minimum Gasteiger partial charge on any atom is -0.490 e. The van der Waals surface area contributed by atoms with Crippen molar-refractivity contribution >= 4 is 10.0 Å². The number of nitriles is 1. The van der Waals surface area contributed by atoms with E-state index in [1.165, 1.54) is 28.8 Å². The monoisotopic (exact) mass is 416 g/mol. The van der Waals surface area contributed by atoms with Gasteiger partial charge >= 0.3 is 0 Å². The predicted molar refractivity (Wildman–Crippen MR) is 101 cm³/mol. The van der Waals surface area contributed by atoms with Crippen molar-refractivity contribution in [3.63, 3.8) is 0 Å². The van der Waals surface area contributed by atoms with E-state index in [4.69, 9.17) is 19.5 Å². The fraction of sp³-hybridized carbons (Fsp3) is 0.421. The molecule has 2 aliphatic heterocycles. The normalized spacial score (nSPS) is 19.8. The third kappa shape index (κ3) is 4.11. The van der Waals surface area contributed by atoms with Gasteiger partial charge in [-0.15, -0.1) is 0 Å². The number of rotatable bonds is 4. The molecular formula is C19H20N4O5S. The predicted octanol–water partition coefficient (Wildman–Crippen LogP) is 1.74. The summed E-state index contributed by atoms with van der Waals surface area (Å²) < 4.78 is 44.7. The molecule has 4 rings (SSSR count). The Kier molecular flexibility index (Phi) is 5.51. The zero-order valence-corrected chi connectivity index (χ0v) is 16.5. The molecule has 3 heterocycles. The van der Waals surface area contributed by atoms with Crippen LogP contribution in [-0.4, -0.2) is 55.1 Å². The highest BCUT2D eigenvalue weighted by molar-refractivity contribution is 7.89. The minimum absolute atomic E-state index is 0.0791. The van der Waals surface area contributed by atoms with Crippen molar-refractivity contribution in [1.29, 1.82) is 5.26 Å². The Balaban J connectivity index is 1.53. The van der Waals surface area contributed by atoms with Crippen molar-refractivity contribution in [1.82, 2.24) is 14.3 Å². The van der Waals surface area contributed by atoms with E-state index in [0.717, 1.165) is 6.42 Å². The second kappa shape index (κ2) is 8.23.